The highest BCUT2D eigenvalue weighted by atomic mass is 16.3. The fraction of sp³-hybridized carbons (Fsp3) is 0.600. The summed E-state index contributed by atoms with van der Waals surface area (Å²) in [4.78, 5) is 0. The van der Waals surface area contributed by atoms with Gasteiger partial charge in [0, 0.05) is 0 Å². The Morgan fingerprint density at radius 1 is 1.45 bits per heavy atom. The highest BCUT2D eigenvalue weighted by Crippen LogP contribution is 2.18. The Hall–Kier alpha value is -0.720. The number of hydrogen-bond donors (Lipinski definition) is 1. The Morgan fingerprint density at radius 3 is 2.45 bits per heavy atom. The summed E-state index contributed by atoms with van der Waals surface area (Å²) >= 11 is 0. The minimum atomic E-state index is 0.490. The molecular weight excluding hydrogens is 136 g/mol. The fourth-order valence-corrected chi connectivity index (χ4v) is 1.06. The summed E-state index contributed by atoms with van der Waals surface area (Å²) in [5.41, 5.74) is 1.19. The van der Waals surface area contributed by atoms with Crippen LogP contribution in [0.5, 0.6) is 0 Å². The topological polar surface area (TPSA) is 20.2 Å². The second-order valence-electron chi connectivity index (χ2n) is 2.28. The molecule has 1 N–H and O–H groups in total. The van der Waals surface area contributed by atoms with Crippen LogP contribution < -0.4 is 0 Å². The molecule has 1 rings (SSSR count). The molecule has 64 valence electrons. The molecule has 1 nitrogen and oxygen atoms in total. The average molecular weight is 154 g/mol. The van der Waals surface area contributed by atoms with Crippen LogP contribution >= 0.6 is 0 Å². The standard InChI is InChI=1S/C8H12O.C2H6/c1-2-7-5-3-4-6-8(7)9;1-2/h4,6,9H,2-3,5H2,1H3;1-2H3. The molecule has 0 atom stereocenters. The Bertz CT molecular complexity index is 154. The zero-order valence-corrected chi connectivity index (χ0v) is 7.72. The molecule has 0 saturated carbocycles. The van der Waals surface area contributed by atoms with Gasteiger partial charge < -0.3 is 5.11 Å². The summed E-state index contributed by atoms with van der Waals surface area (Å²) in [6, 6.07) is 0. The molecule has 0 aromatic heterocycles. The first kappa shape index (κ1) is 10.3. The van der Waals surface area contributed by atoms with Gasteiger partial charge in [-0.25, -0.2) is 0 Å². The highest BCUT2D eigenvalue weighted by Gasteiger charge is 2.02. The maximum absolute atomic E-state index is 9.16. The van der Waals surface area contributed by atoms with Crippen molar-refractivity contribution in [3.8, 4) is 0 Å². The van der Waals surface area contributed by atoms with Gasteiger partial charge in [0.15, 0.2) is 0 Å². The molecule has 1 aliphatic carbocycles. The maximum Gasteiger partial charge on any atom is 0.114 e. The van der Waals surface area contributed by atoms with Crippen LogP contribution in [0.25, 0.3) is 0 Å². The second kappa shape index (κ2) is 6.02. The molecular formula is C10H18O. The Balaban J connectivity index is 0.000000461. The van der Waals surface area contributed by atoms with Crippen molar-refractivity contribution < 1.29 is 5.11 Å². The van der Waals surface area contributed by atoms with Gasteiger partial charge in [-0.15, -0.1) is 0 Å². The van der Waals surface area contributed by atoms with Gasteiger partial charge in [-0.3, -0.25) is 0 Å². The van der Waals surface area contributed by atoms with Crippen molar-refractivity contribution >= 4 is 0 Å². The van der Waals surface area contributed by atoms with Crippen molar-refractivity contribution in [1.82, 2.24) is 0 Å². The van der Waals surface area contributed by atoms with Crippen LogP contribution in [-0.2, 0) is 0 Å². The van der Waals surface area contributed by atoms with Crippen LogP contribution in [0.2, 0.25) is 0 Å². The van der Waals surface area contributed by atoms with Crippen molar-refractivity contribution in [2.45, 2.75) is 40.0 Å². The lowest BCUT2D eigenvalue weighted by atomic mass is 10.0. The number of allylic oxidation sites excluding steroid dienone is 3. The van der Waals surface area contributed by atoms with Crippen molar-refractivity contribution in [3.63, 3.8) is 0 Å². The van der Waals surface area contributed by atoms with Crippen molar-refractivity contribution in [2.24, 2.45) is 0 Å². The van der Waals surface area contributed by atoms with Gasteiger partial charge in [0.2, 0.25) is 0 Å². The molecule has 0 heterocycles. The molecule has 0 aromatic rings. The third kappa shape index (κ3) is 3.26. The molecule has 11 heavy (non-hydrogen) atoms. The summed E-state index contributed by atoms with van der Waals surface area (Å²) in [5.74, 6) is 0.490. The average Bonchev–Trinajstić information content (AvgIpc) is 2.09. The quantitative estimate of drug-likeness (QED) is 0.612. The van der Waals surface area contributed by atoms with Crippen LogP contribution in [0.3, 0.4) is 0 Å². The minimum Gasteiger partial charge on any atom is -0.508 e. The molecule has 0 bridgehead atoms. The first-order chi connectivity index (χ1) is 5.34. The lowest BCUT2D eigenvalue weighted by Gasteiger charge is -2.08. The summed E-state index contributed by atoms with van der Waals surface area (Å²) in [6.07, 6.45) is 6.92. The fourth-order valence-electron chi connectivity index (χ4n) is 1.06. The number of aliphatic hydroxyl groups excluding tert-OH is 1. The van der Waals surface area contributed by atoms with E-state index in [2.05, 4.69) is 6.92 Å². The lowest BCUT2D eigenvalue weighted by molar-refractivity contribution is 0.416. The predicted molar refractivity (Wildman–Crippen MR) is 49.7 cm³/mol. The molecule has 0 amide bonds. The first-order valence-electron chi connectivity index (χ1n) is 4.42. The van der Waals surface area contributed by atoms with Crippen molar-refractivity contribution in [2.75, 3.05) is 0 Å². The van der Waals surface area contributed by atoms with E-state index >= 15 is 0 Å². The Morgan fingerprint density at radius 2 is 2.09 bits per heavy atom. The second-order valence-corrected chi connectivity index (χ2v) is 2.28. The van der Waals surface area contributed by atoms with Crippen LogP contribution in [0, 0.1) is 0 Å². The highest BCUT2D eigenvalue weighted by molar-refractivity contribution is 5.22. The van der Waals surface area contributed by atoms with Gasteiger partial charge in [0.1, 0.15) is 5.76 Å². The summed E-state index contributed by atoms with van der Waals surface area (Å²) in [5, 5.41) is 9.16. The van der Waals surface area contributed by atoms with Crippen molar-refractivity contribution in [1.29, 1.82) is 0 Å². The van der Waals surface area contributed by atoms with Crippen molar-refractivity contribution in [3.05, 3.63) is 23.5 Å². The summed E-state index contributed by atoms with van der Waals surface area (Å²) in [6.45, 7) is 6.07. The van der Waals surface area contributed by atoms with E-state index in [-0.39, 0.29) is 0 Å². The van der Waals surface area contributed by atoms with Gasteiger partial charge in [-0.1, -0.05) is 26.8 Å². The predicted octanol–water partition coefficient (Wildman–Crippen LogP) is 3.58. The molecule has 0 aromatic carbocycles. The van der Waals surface area contributed by atoms with Gasteiger partial charge in [0.25, 0.3) is 0 Å². The molecule has 0 unspecified atom stereocenters. The molecule has 1 heteroatoms. The largest absolute Gasteiger partial charge is 0.508 e. The van der Waals surface area contributed by atoms with E-state index in [1.807, 2.05) is 19.9 Å². The maximum atomic E-state index is 9.16. The Labute approximate surface area is 69.4 Å². The van der Waals surface area contributed by atoms with Crippen LogP contribution in [-0.4, -0.2) is 5.11 Å². The van der Waals surface area contributed by atoms with E-state index in [0.29, 0.717) is 5.76 Å². The molecule has 0 aliphatic heterocycles. The van der Waals surface area contributed by atoms with E-state index in [1.54, 1.807) is 6.08 Å². The SMILES string of the molecule is CC.CCC1=C(O)C=CCC1. The van der Waals surface area contributed by atoms with E-state index in [4.69, 9.17) is 5.11 Å². The zero-order chi connectivity index (χ0) is 8.69. The third-order valence-corrected chi connectivity index (χ3v) is 1.68. The smallest absolute Gasteiger partial charge is 0.114 e. The third-order valence-electron chi connectivity index (χ3n) is 1.68. The van der Waals surface area contributed by atoms with E-state index in [1.165, 1.54) is 5.57 Å². The Kier molecular flexibility index (Phi) is 5.63. The summed E-state index contributed by atoms with van der Waals surface area (Å²) in [7, 11) is 0. The number of rotatable bonds is 1. The monoisotopic (exact) mass is 154 g/mol. The zero-order valence-electron chi connectivity index (χ0n) is 7.72. The van der Waals surface area contributed by atoms with Gasteiger partial charge in [-0.2, -0.15) is 0 Å². The first-order valence-corrected chi connectivity index (χ1v) is 4.42. The van der Waals surface area contributed by atoms with Gasteiger partial charge in [0.05, 0.1) is 0 Å². The van der Waals surface area contributed by atoms with E-state index in [0.717, 1.165) is 19.3 Å². The number of hydrogen-bond acceptors (Lipinski definition) is 1. The number of aliphatic hydroxyl groups is 1. The lowest BCUT2D eigenvalue weighted by Crippen LogP contribution is -1.91. The van der Waals surface area contributed by atoms with Gasteiger partial charge in [-0.05, 0) is 30.9 Å². The van der Waals surface area contributed by atoms with Gasteiger partial charge >= 0.3 is 0 Å². The van der Waals surface area contributed by atoms with Crippen LogP contribution in [0.4, 0.5) is 0 Å². The molecule has 0 spiro atoms. The molecule has 0 saturated heterocycles. The van der Waals surface area contributed by atoms with Crippen LogP contribution in [0.15, 0.2) is 23.5 Å². The molecule has 0 radical (unpaired) electrons. The van der Waals surface area contributed by atoms with Crippen LogP contribution in [0.1, 0.15) is 40.0 Å². The minimum absolute atomic E-state index is 0.490. The normalized spacial score (nSPS) is 15.9. The summed E-state index contributed by atoms with van der Waals surface area (Å²) < 4.78 is 0. The molecule has 1 aliphatic rings. The van der Waals surface area contributed by atoms with E-state index < -0.39 is 0 Å². The van der Waals surface area contributed by atoms with E-state index in [9.17, 15) is 0 Å². The molecule has 0 fully saturated rings.